The Labute approximate surface area is 169 Å². The third-order valence-electron chi connectivity index (χ3n) is 5.01. The van der Waals surface area contributed by atoms with Crippen LogP contribution in [0.4, 0.5) is 0 Å². The maximum Gasteiger partial charge on any atom is 0.335 e. The van der Waals surface area contributed by atoms with Crippen LogP contribution in [0.25, 0.3) is 16.9 Å². The number of nitrogens with zero attached hydrogens (tertiary/aromatic N) is 5. The lowest BCUT2D eigenvalue weighted by Gasteiger charge is -2.30. The molecule has 2 heterocycles. The fraction of sp³-hybridized carbons (Fsp3) is 0.227. The lowest BCUT2D eigenvalue weighted by molar-refractivity contribution is 0.0697. The number of aromatic carboxylic acids is 1. The second-order valence-corrected chi connectivity index (χ2v) is 7.10. The molecule has 1 saturated heterocycles. The zero-order valence-corrected chi connectivity index (χ0v) is 16.3. The van der Waals surface area contributed by atoms with E-state index in [-0.39, 0.29) is 5.56 Å². The van der Waals surface area contributed by atoms with Gasteiger partial charge in [0.1, 0.15) is 5.69 Å². The molecule has 1 aliphatic heterocycles. The Kier molecular flexibility index (Phi) is 5.39. The quantitative estimate of drug-likeness (QED) is 0.680. The molecule has 0 unspecified atom stereocenters. The van der Waals surface area contributed by atoms with Crippen molar-refractivity contribution in [1.82, 2.24) is 19.7 Å². The largest absolute Gasteiger partial charge is 0.478 e. The Bertz CT molecular complexity index is 1000. The summed E-state index contributed by atoms with van der Waals surface area (Å²) in [5.74, 6) is -0.943. The first kappa shape index (κ1) is 18.9. The normalized spacial score (nSPS) is 15.1. The fourth-order valence-electron chi connectivity index (χ4n) is 3.25. The van der Waals surface area contributed by atoms with Gasteiger partial charge in [-0.1, -0.05) is 30.3 Å². The summed E-state index contributed by atoms with van der Waals surface area (Å²) in [7, 11) is 2.12. The number of benzene rings is 2. The number of hydrazone groups is 1. The second-order valence-electron chi connectivity index (χ2n) is 7.10. The summed E-state index contributed by atoms with van der Waals surface area (Å²) in [6.07, 6.45) is 3.79. The number of hydrogen-bond acceptors (Lipinski definition) is 5. The van der Waals surface area contributed by atoms with Gasteiger partial charge in [-0.15, -0.1) is 0 Å². The van der Waals surface area contributed by atoms with Crippen molar-refractivity contribution in [3.63, 3.8) is 0 Å². The molecule has 0 bridgehead atoms. The first-order chi connectivity index (χ1) is 14.1. The third-order valence-corrected chi connectivity index (χ3v) is 5.01. The van der Waals surface area contributed by atoms with Gasteiger partial charge in [0, 0.05) is 43.5 Å². The molecule has 0 saturated carbocycles. The molecule has 0 aliphatic carbocycles. The first-order valence-electron chi connectivity index (χ1n) is 9.56. The highest BCUT2D eigenvalue weighted by Crippen LogP contribution is 2.23. The van der Waals surface area contributed by atoms with Crippen molar-refractivity contribution >= 4 is 12.2 Å². The number of carboxylic acid groups (broad SMARTS) is 1. The van der Waals surface area contributed by atoms with Gasteiger partial charge in [-0.3, -0.25) is 5.01 Å². The smallest absolute Gasteiger partial charge is 0.335 e. The SMILES string of the molecule is CN1CCN(/N=C/c2cn(-c3ccc(C(=O)O)cc3)nc2-c2ccccc2)CC1. The molecular formula is C22H23N5O2. The van der Waals surface area contributed by atoms with E-state index in [1.54, 1.807) is 28.9 Å². The highest BCUT2D eigenvalue weighted by Gasteiger charge is 2.14. The van der Waals surface area contributed by atoms with Crippen molar-refractivity contribution in [1.29, 1.82) is 0 Å². The van der Waals surface area contributed by atoms with Crippen molar-refractivity contribution < 1.29 is 9.90 Å². The van der Waals surface area contributed by atoms with E-state index in [2.05, 4.69) is 22.1 Å². The van der Waals surface area contributed by atoms with E-state index in [0.29, 0.717) is 0 Å². The van der Waals surface area contributed by atoms with Gasteiger partial charge < -0.3 is 10.0 Å². The van der Waals surface area contributed by atoms with Crippen LogP contribution in [-0.2, 0) is 0 Å². The summed E-state index contributed by atoms with van der Waals surface area (Å²) >= 11 is 0. The molecule has 4 rings (SSSR count). The van der Waals surface area contributed by atoms with Gasteiger partial charge in [0.15, 0.2) is 0 Å². The van der Waals surface area contributed by atoms with Gasteiger partial charge in [0.25, 0.3) is 0 Å². The molecule has 0 radical (unpaired) electrons. The molecule has 0 atom stereocenters. The fourth-order valence-corrected chi connectivity index (χ4v) is 3.25. The molecule has 7 nitrogen and oxygen atoms in total. The number of rotatable bonds is 5. The van der Waals surface area contributed by atoms with E-state index in [1.807, 2.05) is 42.7 Å². The zero-order chi connectivity index (χ0) is 20.2. The molecule has 0 spiro atoms. The molecule has 1 fully saturated rings. The molecule has 2 aromatic carbocycles. The molecular weight excluding hydrogens is 366 g/mol. The van der Waals surface area contributed by atoms with Crippen molar-refractivity contribution in [2.75, 3.05) is 33.2 Å². The number of piperazine rings is 1. The summed E-state index contributed by atoms with van der Waals surface area (Å²) in [6.45, 7) is 3.80. The van der Waals surface area contributed by atoms with E-state index in [4.69, 9.17) is 10.2 Å². The Morgan fingerprint density at radius 1 is 1.03 bits per heavy atom. The summed E-state index contributed by atoms with van der Waals surface area (Å²) in [5, 5.41) is 20.6. The maximum atomic E-state index is 11.1. The third kappa shape index (κ3) is 4.35. The van der Waals surface area contributed by atoms with E-state index in [0.717, 1.165) is 48.7 Å². The molecule has 1 aromatic heterocycles. The van der Waals surface area contributed by atoms with Gasteiger partial charge in [-0.25, -0.2) is 9.48 Å². The Morgan fingerprint density at radius 3 is 2.38 bits per heavy atom. The van der Waals surface area contributed by atoms with E-state index < -0.39 is 5.97 Å². The number of aromatic nitrogens is 2. The Hall–Kier alpha value is -3.45. The van der Waals surface area contributed by atoms with Crippen molar-refractivity contribution in [3.8, 4) is 16.9 Å². The predicted octanol–water partition coefficient (Wildman–Crippen LogP) is 2.82. The number of carboxylic acids is 1. The van der Waals surface area contributed by atoms with Crippen LogP contribution in [0, 0.1) is 0 Å². The van der Waals surface area contributed by atoms with Crippen LogP contribution in [0.2, 0.25) is 0 Å². The van der Waals surface area contributed by atoms with Gasteiger partial charge in [0.05, 0.1) is 17.5 Å². The highest BCUT2D eigenvalue weighted by atomic mass is 16.4. The second kappa shape index (κ2) is 8.28. The molecule has 7 heteroatoms. The lowest BCUT2D eigenvalue weighted by atomic mass is 10.1. The van der Waals surface area contributed by atoms with Gasteiger partial charge in [-0.05, 0) is 31.3 Å². The van der Waals surface area contributed by atoms with Crippen LogP contribution in [-0.4, -0.2) is 70.2 Å². The van der Waals surface area contributed by atoms with Crippen LogP contribution < -0.4 is 0 Å². The van der Waals surface area contributed by atoms with Crippen molar-refractivity contribution in [3.05, 3.63) is 71.9 Å². The molecule has 1 N–H and O–H groups in total. The van der Waals surface area contributed by atoms with Crippen molar-refractivity contribution in [2.45, 2.75) is 0 Å². The average Bonchev–Trinajstić information content (AvgIpc) is 3.18. The monoisotopic (exact) mass is 389 g/mol. The molecule has 148 valence electrons. The average molecular weight is 389 g/mol. The summed E-state index contributed by atoms with van der Waals surface area (Å²) in [5.41, 5.74) is 3.81. The van der Waals surface area contributed by atoms with E-state index in [1.165, 1.54) is 0 Å². The summed E-state index contributed by atoms with van der Waals surface area (Å²) in [6, 6.07) is 16.7. The molecule has 3 aromatic rings. The van der Waals surface area contributed by atoms with Gasteiger partial charge >= 0.3 is 5.97 Å². The number of likely N-dealkylation sites (N-methyl/N-ethyl adjacent to an activating group) is 1. The number of hydrogen-bond donors (Lipinski definition) is 1. The minimum Gasteiger partial charge on any atom is -0.478 e. The Balaban J connectivity index is 1.66. The van der Waals surface area contributed by atoms with E-state index in [9.17, 15) is 4.79 Å². The standard InChI is InChI=1S/C22H23N5O2/c1-25-11-13-26(14-12-25)23-15-19-16-27(20-9-7-18(8-10-20)22(28)29)24-21(19)17-5-3-2-4-6-17/h2-10,15-16H,11-14H2,1H3,(H,28,29)/b23-15+. The summed E-state index contributed by atoms with van der Waals surface area (Å²) in [4.78, 5) is 13.4. The topological polar surface area (TPSA) is 74.0 Å². The van der Waals surface area contributed by atoms with Crippen LogP contribution in [0.5, 0.6) is 0 Å². The predicted molar refractivity (Wildman–Crippen MR) is 113 cm³/mol. The van der Waals surface area contributed by atoms with Crippen LogP contribution in [0.3, 0.4) is 0 Å². The van der Waals surface area contributed by atoms with Gasteiger partial charge in [-0.2, -0.15) is 10.2 Å². The molecule has 1 aliphatic rings. The minimum absolute atomic E-state index is 0.251. The maximum absolute atomic E-state index is 11.1. The van der Waals surface area contributed by atoms with Gasteiger partial charge in [0.2, 0.25) is 0 Å². The first-order valence-corrected chi connectivity index (χ1v) is 9.56. The number of carbonyl (C=O) groups is 1. The van der Waals surface area contributed by atoms with Crippen LogP contribution in [0.1, 0.15) is 15.9 Å². The molecule has 29 heavy (non-hydrogen) atoms. The zero-order valence-electron chi connectivity index (χ0n) is 16.3. The lowest BCUT2D eigenvalue weighted by Crippen LogP contribution is -2.41. The highest BCUT2D eigenvalue weighted by molar-refractivity contribution is 5.89. The van der Waals surface area contributed by atoms with E-state index >= 15 is 0 Å². The Morgan fingerprint density at radius 2 is 1.72 bits per heavy atom. The van der Waals surface area contributed by atoms with Crippen molar-refractivity contribution in [2.24, 2.45) is 5.10 Å². The summed E-state index contributed by atoms with van der Waals surface area (Å²) < 4.78 is 1.76. The minimum atomic E-state index is -0.943. The molecule has 0 amide bonds. The van der Waals surface area contributed by atoms with Crippen LogP contribution >= 0.6 is 0 Å². The van der Waals surface area contributed by atoms with Crippen LogP contribution in [0.15, 0.2) is 65.9 Å².